The predicted molar refractivity (Wildman–Crippen MR) is 72.9 cm³/mol. The number of benzene rings is 1. The molecule has 1 aromatic heterocycles. The molecule has 0 unspecified atom stereocenters. The fraction of sp³-hybridized carbons (Fsp3) is 0.267. The van der Waals surface area contributed by atoms with Crippen LogP contribution in [-0.2, 0) is 4.74 Å². The summed E-state index contributed by atoms with van der Waals surface area (Å²) in [7, 11) is 1.57. The van der Waals surface area contributed by atoms with Crippen molar-refractivity contribution >= 4 is 5.91 Å². The van der Waals surface area contributed by atoms with E-state index in [0.29, 0.717) is 12.4 Å². The molecule has 2 aromatic rings. The molecule has 5 heteroatoms. The zero-order valence-electron chi connectivity index (χ0n) is 11.4. The second-order valence-corrected chi connectivity index (χ2v) is 4.50. The molecule has 0 saturated heterocycles. The Labute approximate surface area is 116 Å². The Balaban J connectivity index is 2.08. The van der Waals surface area contributed by atoms with E-state index in [1.165, 1.54) is 12.1 Å². The van der Waals surface area contributed by atoms with E-state index in [1.54, 1.807) is 31.4 Å². The van der Waals surface area contributed by atoms with Gasteiger partial charge in [0.2, 0.25) is 0 Å². The average Bonchev–Trinajstić information content (AvgIpc) is 2.89. The van der Waals surface area contributed by atoms with Gasteiger partial charge in [0, 0.05) is 18.7 Å². The molecule has 0 radical (unpaired) electrons. The normalized spacial score (nSPS) is 12.2. The van der Waals surface area contributed by atoms with Crippen molar-refractivity contribution < 1.29 is 18.3 Å². The average molecular weight is 277 g/mol. The largest absolute Gasteiger partial charge is 0.451 e. The highest BCUT2D eigenvalue weighted by Gasteiger charge is 2.14. The first-order valence-electron chi connectivity index (χ1n) is 6.25. The van der Waals surface area contributed by atoms with E-state index in [1.807, 2.05) is 6.92 Å². The number of ether oxygens (including phenoxy) is 1. The van der Waals surface area contributed by atoms with Crippen LogP contribution >= 0.6 is 0 Å². The van der Waals surface area contributed by atoms with E-state index in [2.05, 4.69) is 5.32 Å². The molecule has 1 amide bonds. The number of furan rings is 1. The van der Waals surface area contributed by atoms with Gasteiger partial charge in [-0.2, -0.15) is 0 Å². The molecule has 0 fully saturated rings. The molecule has 1 atom stereocenters. The standard InChI is InChI=1S/C15H16FNO3/c1-10(9-19-2)17-15(18)14-8-7-13(20-14)11-3-5-12(16)6-4-11/h3-8,10H,9H2,1-2H3,(H,17,18)/t10-/m0/s1. The Morgan fingerprint density at radius 1 is 1.30 bits per heavy atom. The Kier molecular flexibility index (Phi) is 4.53. The summed E-state index contributed by atoms with van der Waals surface area (Å²) in [5.41, 5.74) is 0.718. The SMILES string of the molecule is COC[C@H](C)NC(=O)c1ccc(-c2ccc(F)cc2)o1. The smallest absolute Gasteiger partial charge is 0.287 e. The molecule has 0 aliphatic carbocycles. The van der Waals surface area contributed by atoms with Crippen LogP contribution in [0.1, 0.15) is 17.5 Å². The van der Waals surface area contributed by atoms with Gasteiger partial charge >= 0.3 is 0 Å². The van der Waals surface area contributed by atoms with Gasteiger partial charge in [0.25, 0.3) is 5.91 Å². The van der Waals surface area contributed by atoms with Gasteiger partial charge in [-0.25, -0.2) is 4.39 Å². The fourth-order valence-electron chi connectivity index (χ4n) is 1.82. The Bertz CT molecular complexity index is 577. The minimum Gasteiger partial charge on any atom is -0.451 e. The molecule has 0 spiro atoms. The fourth-order valence-corrected chi connectivity index (χ4v) is 1.82. The summed E-state index contributed by atoms with van der Waals surface area (Å²) in [6.07, 6.45) is 0. The van der Waals surface area contributed by atoms with Crippen LogP contribution in [0.4, 0.5) is 4.39 Å². The lowest BCUT2D eigenvalue weighted by molar-refractivity contribution is 0.0879. The highest BCUT2D eigenvalue weighted by Crippen LogP contribution is 2.22. The Morgan fingerprint density at radius 2 is 2.00 bits per heavy atom. The molecule has 0 aliphatic rings. The van der Waals surface area contributed by atoms with E-state index in [-0.39, 0.29) is 23.5 Å². The van der Waals surface area contributed by atoms with E-state index >= 15 is 0 Å². The molecule has 1 aromatic carbocycles. The van der Waals surface area contributed by atoms with Crippen LogP contribution in [0.2, 0.25) is 0 Å². The van der Waals surface area contributed by atoms with Crippen molar-refractivity contribution in [3.05, 3.63) is 48.0 Å². The second-order valence-electron chi connectivity index (χ2n) is 4.50. The summed E-state index contributed by atoms with van der Waals surface area (Å²) in [5, 5.41) is 2.75. The van der Waals surface area contributed by atoms with Crippen molar-refractivity contribution in [3.8, 4) is 11.3 Å². The zero-order valence-corrected chi connectivity index (χ0v) is 11.4. The van der Waals surface area contributed by atoms with Crippen LogP contribution in [0.5, 0.6) is 0 Å². The summed E-state index contributed by atoms with van der Waals surface area (Å²) >= 11 is 0. The lowest BCUT2D eigenvalue weighted by atomic mass is 10.2. The molecule has 4 nitrogen and oxygen atoms in total. The number of halogens is 1. The number of carbonyl (C=O) groups is 1. The number of carbonyl (C=O) groups excluding carboxylic acids is 1. The topological polar surface area (TPSA) is 51.5 Å². The summed E-state index contributed by atoms with van der Waals surface area (Å²) < 4.78 is 23.3. The maximum absolute atomic E-state index is 12.8. The van der Waals surface area contributed by atoms with Crippen LogP contribution < -0.4 is 5.32 Å². The Morgan fingerprint density at radius 3 is 2.65 bits per heavy atom. The third-order valence-corrected chi connectivity index (χ3v) is 2.75. The van der Waals surface area contributed by atoms with Gasteiger partial charge in [-0.05, 0) is 43.3 Å². The quantitative estimate of drug-likeness (QED) is 0.914. The summed E-state index contributed by atoms with van der Waals surface area (Å²) in [5.74, 6) is 0.122. The van der Waals surface area contributed by atoms with Gasteiger partial charge in [-0.1, -0.05) is 0 Å². The zero-order chi connectivity index (χ0) is 14.5. The molecular weight excluding hydrogens is 261 g/mol. The van der Waals surface area contributed by atoms with E-state index in [4.69, 9.17) is 9.15 Å². The molecule has 1 N–H and O–H groups in total. The molecule has 0 aliphatic heterocycles. The van der Waals surface area contributed by atoms with Crippen molar-refractivity contribution in [1.82, 2.24) is 5.32 Å². The van der Waals surface area contributed by atoms with Crippen LogP contribution in [0, 0.1) is 5.82 Å². The Hall–Kier alpha value is -2.14. The minimum absolute atomic E-state index is 0.105. The lowest BCUT2D eigenvalue weighted by Gasteiger charge is -2.11. The number of nitrogens with one attached hydrogen (secondary N) is 1. The van der Waals surface area contributed by atoms with Crippen LogP contribution in [0.3, 0.4) is 0 Å². The summed E-state index contributed by atoms with van der Waals surface area (Å²) in [6, 6.07) is 9.06. The number of methoxy groups -OCH3 is 1. The maximum atomic E-state index is 12.8. The number of hydrogen-bond donors (Lipinski definition) is 1. The molecule has 20 heavy (non-hydrogen) atoms. The molecule has 2 rings (SSSR count). The maximum Gasteiger partial charge on any atom is 0.287 e. The first-order valence-corrected chi connectivity index (χ1v) is 6.25. The van der Waals surface area contributed by atoms with E-state index in [0.717, 1.165) is 5.56 Å². The van der Waals surface area contributed by atoms with Crippen LogP contribution in [-0.4, -0.2) is 25.7 Å². The van der Waals surface area contributed by atoms with Crippen molar-refractivity contribution in [2.45, 2.75) is 13.0 Å². The van der Waals surface area contributed by atoms with Crippen molar-refractivity contribution in [1.29, 1.82) is 0 Å². The van der Waals surface area contributed by atoms with Crippen molar-refractivity contribution in [3.63, 3.8) is 0 Å². The number of rotatable bonds is 5. The molecule has 0 saturated carbocycles. The summed E-state index contributed by atoms with van der Waals surface area (Å²) in [6.45, 7) is 2.27. The van der Waals surface area contributed by atoms with Crippen LogP contribution in [0.25, 0.3) is 11.3 Å². The van der Waals surface area contributed by atoms with E-state index < -0.39 is 0 Å². The third-order valence-electron chi connectivity index (χ3n) is 2.75. The minimum atomic E-state index is -0.313. The lowest BCUT2D eigenvalue weighted by Crippen LogP contribution is -2.35. The summed E-state index contributed by atoms with van der Waals surface area (Å²) in [4.78, 5) is 11.9. The van der Waals surface area contributed by atoms with Crippen molar-refractivity contribution in [2.75, 3.05) is 13.7 Å². The number of amides is 1. The van der Waals surface area contributed by atoms with Gasteiger partial charge in [-0.15, -0.1) is 0 Å². The first-order chi connectivity index (χ1) is 9.60. The third kappa shape index (κ3) is 3.45. The predicted octanol–water partition coefficient (Wildman–Crippen LogP) is 2.85. The highest BCUT2D eigenvalue weighted by atomic mass is 19.1. The monoisotopic (exact) mass is 277 g/mol. The second kappa shape index (κ2) is 6.34. The molecular formula is C15H16FNO3. The van der Waals surface area contributed by atoms with Gasteiger partial charge < -0.3 is 14.5 Å². The molecule has 0 bridgehead atoms. The van der Waals surface area contributed by atoms with Crippen LogP contribution in [0.15, 0.2) is 40.8 Å². The number of hydrogen-bond acceptors (Lipinski definition) is 3. The van der Waals surface area contributed by atoms with Gasteiger partial charge in [-0.3, -0.25) is 4.79 Å². The van der Waals surface area contributed by atoms with E-state index in [9.17, 15) is 9.18 Å². The van der Waals surface area contributed by atoms with Crippen molar-refractivity contribution in [2.24, 2.45) is 0 Å². The first kappa shape index (κ1) is 14.3. The van der Waals surface area contributed by atoms with Gasteiger partial charge in [0.1, 0.15) is 11.6 Å². The molecule has 1 heterocycles. The van der Waals surface area contributed by atoms with Gasteiger partial charge in [0.15, 0.2) is 5.76 Å². The highest BCUT2D eigenvalue weighted by molar-refractivity contribution is 5.92. The van der Waals surface area contributed by atoms with Gasteiger partial charge in [0.05, 0.1) is 6.61 Å². The molecule has 106 valence electrons.